The van der Waals surface area contributed by atoms with E-state index in [0.29, 0.717) is 12.6 Å². The monoisotopic (exact) mass is 274 g/mol. The number of hydrogen-bond acceptors (Lipinski definition) is 5. The van der Waals surface area contributed by atoms with E-state index in [1.54, 1.807) is 6.20 Å². The van der Waals surface area contributed by atoms with Crippen molar-refractivity contribution in [2.75, 3.05) is 11.9 Å². The van der Waals surface area contributed by atoms with Crippen LogP contribution in [-0.2, 0) is 13.1 Å². The lowest BCUT2D eigenvalue weighted by Gasteiger charge is -2.16. The average molecular weight is 274 g/mol. The molecule has 0 saturated carbocycles. The molecule has 0 aliphatic rings. The van der Waals surface area contributed by atoms with Gasteiger partial charge in [0, 0.05) is 19.6 Å². The van der Waals surface area contributed by atoms with Crippen molar-refractivity contribution in [1.29, 1.82) is 0 Å². The zero-order valence-electron chi connectivity index (χ0n) is 12.6. The van der Waals surface area contributed by atoms with Crippen molar-refractivity contribution in [2.24, 2.45) is 0 Å². The van der Waals surface area contributed by atoms with Crippen LogP contribution in [0.4, 0.5) is 5.82 Å². The quantitative estimate of drug-likeness (QED) is 0.877. The fourth-order valence-electron chi connectivity index (χ4n) is 1.83. The van der Waals surface area contributed by atoms with Crippen LogP contribution < -0.4 is 10.2 Å². The first-order valence-electron chi connectivity index (χ1n) is 6.85. The van der Waals surface area contributed by atoms with Crippen LogP contribution in [0.25, 0.3) is 0 Å². The Morgan fingerprint density at radius 1 is 1.25 bits per heavy atom. The molecule has 0 aliphatic heterocycles. The maximum Gasteiger partial charge on any atom is 0.147 e. The van der Waals surface area contributed by atoms with E-state index < -0.39 is 0 Å². The zero-order valence-corrected chi connectivity index (χ0v) is 12.6. The fraction of sp³-hybridized carbons (Fsp3) is 0.467. The number of rotatable bonds is 6. The minimum atomic E-state index is 0.446. The van der Waals surface area contributed by atoms with Crippen molar-refractivity contribution < 1.29 is 4.42 Å². The number of furan rings is 1. The molecule has 0 spiro atoms. The number of anilines is 1. The van der Waals surface area contributed by atoms with Crippen molar-refractivity contribution in [1.82, 2.24) is 15.3 Å². The molecule has 0 bridgehead atoms. The molecule has 0 amide bonds. The summed E-state index contributed by atoms with van der Waals surface area (Å²) in [5.41, 5.74) is 0.949. The second-order valence-corrected chi connectivity index (χ2v) is 5.27. The van der Waals surface area contributed by atoms with Crippen LogP contribution in [0.1, 0.15) is 31.1 Å². The van der Waals surface area contributed by atoms with E-state index in [1.165, 1.54) is 0 Å². The Labute approximate surface area is 120 Å². The summed E-state index contributed by atoms with van der Waals surface area (Å²) in [6.07, 6.45) is 3.61. The molecule has 0 saturated heterocycles. The molecule has 0 fully saturated rings. The topological polar surface area (TPSA) is 54.2 Å². The van der Waals surface area contributed by atoms with E-state index >= 15 is 0 Å². The highest BCUT2D eigenvalue weighted by Crippen LogP contribution is 2.13. The Hall–Kier alpha value is -1.88. The summed E-state index contributed by atoms with van der Waals surface area (Å²) in [5, 5.41) is 3.32. The summed E-state index contributed by atoms with van der Waals surface area (Å²) in [7, 11) is 1.98. The van der Waals surface area contributed by atoms with Crippen molar-refractivity contribution in [2.45, 2.75) is 39.9 Å². The van der Waals surface area contributed by atoms with Crippen molar-refractivity contribution in [3.05, 3.63) is 41.7 Å². The van der Waals surface area contributed by atoms with Gasteiger partial charge < -0.3 is 14.6 Å². The SMILES string of the molecule is Cc1ccc(CN(C)c2cnc(CNC(C)C)cn2)o1. The maximum atomic E-state index is 5.56. The van der Waals surface area contributed by atoms with E-state index in [0.717, 1.165) is 29.6 Å². The third-order valence-electron chi connectivity index (χ3n) is 2.96. The van der Waals surface area contributed by atoms with Gasteiger partial charge in [-0.05, 0) is 19.1 Å². The smallest absolute Gasteiger partial charge is 0.147 e. The lowest BCUT2D eigenvalue weighted by atomic mass is 10.3. The molecule has 2 rings (SSSR count). The summed E-state index contributed by atoms with van der Waals surface area (Å²) in [6, 6.07) is 4.40. The van der Waals surface area contributed by atoms with Crippen LogP contribution >= 0.6 is 0 Å². The molecule has 0 aliphatic carbocycles. The Balaban J connectivity index is 1.94. The second kappa shape index (κ2) is 6.52. The highest BCUT2D eigenvalue weighted by molar-refractivity contribution is 5.35. The summed E-state index contributed by atoms with van der Waals surface area (Å²) < 4.78 is 5.56. The van der Waals surface area contributed by atoms with Gasteiger partial charge in [0.05, 0.1) is 24.6 Å². The number of aryl methyl sites for hydroxylation is 1. The molecular formula is C15H22N4O. The maximum absolute atomic E-state index is 5.56. The third kappa shape index (κ3) is 4.06. The zero-order chi connectivity index (χ0) is 14.5. The molecule has 0 aromatic carbocycles. The van der Waals surface area contributed by atoms with E-state index in [4.69, 9.17) is 4.42 Å². The third-order valence-corrected chi connectivity index (χ3v) is 2.96. The molecule has 20 heavy (non-hydrogen) atoms. The Morgan fingerprint density at radius 2 is 2.05 bits per heavy atom. The lowest BCUT2D eigenvalue weighted by Crippen LogP contribution is -2.23. The minimum absolute atomic E-state index is 0.446. The first-order valence-corrected chi connectivity index (χ1v) is 6.85. The highest BCUT2D eigenvalue weighted by atomic mass is 16.3. The van der Waals surface area contributed by atoms with Crippen molar-refractivity contribution in [3.63, 3.8) is 0 Å². The minimum Gasteiger partial charge on any atom is -0.464 e. The summed E-state index contributed by atoms with van der Waals surface area (Å²) in [6.45, 7) is 7.60. The molecule has 0 unspecified atom stereocenters. The molecule has 2 aromatic heterocycles. The van der Waals surface area contributed by atoms with E-state index in [-0.39, 0.29) is 0 Å². The van der Waals surface area contributed by atoms with Gasteiger partial charge in [-0.1, -0.05) is 13.8 Å². The van der Waals surface area contributed by atoms with Crippen LogP contribution in [0.3, 0.4) is 0 Å². The predicted octanol–water partition coefficient (Wildman–Crippen LogP) is 2.51. The Morgan fingerprint density at radius 3 is 2.60 bits per heavy atom. The number of nitrogens with zero attached hydrogens (tertiary/aromatic N) is 3. The van der Waals surface area contributed by atoms with Crippen LogP contribution in [0, 0.1) is 6.92 Å². The highest BCUT2D eigenvalue weighted by Gasteiger charge is 2.07. The van der Waals surface area contributed by atoms with Gasteiger partial charge in [0.15, 0.2) is 0 Å². The summed E-state index contributed by atoms with van der Waals surface area (Å²) >= 11 is 0. The molecule has 2 heterocycles. The largest absolute Gasteiger partial charge is 0.464 e. The Bertz CT molecular complexity index is 533. The number of hydrogen-bond donors (Lipinski definition) is 1. The predicted molar refractivity (Wildman–Crippen MR) is 79.6 cm³/mol. The van der Waals surface area contributed by atoms with Gasteiger partial charge in [0.1, 0.15) is 17.3 Å². The second-order valence-electron chi connectivity index (χ2n) is 5.27. The van der Waals surface area contributed by atoms with Gasteiger partial charge in [-0.15, -0.1) is 0 Å². The number of aromatic nitrogens is 2. The molecule has 108 valence electrons. The van der Waals surface area contributed by atoms with E-state index in [1.807, 2.05) is 37.2 Å². The van der Waals surface area contributed by atoms with Gasteiger partial charge in [-0.25, -0.2) is 4.98 Å². The first-order chi connectivity index (χ1) is 9.54. The molecule has 5 heteroatoms. The van der Waals surface area contributed by atoms with Crippen LogP contribution in [-0.4, -0.2) is 23.1 Å². The van der Waals surface area contributed by atoms with E-state index in [2.05, 4.69) is 29.1 Å². The van der Waals surface area contributed by atoms with Gasteiger partial charge in [-0.2, -0.15) is 0 Å². The standard InChI is InChI=1S/C15H22N4O/c1-11(2)16-7-13-8-18-15(9-17-13)19(4)10-14-6-5-12(3)20-14/h5-6,8-9,11,16H,7,10H2,1-4H3. The van der Waals surface area contributed by atoms with Gasteiger partial charge in [0.2, 0.25) is 0 Å². The molecular weight excluding hydrogens is 252 g/mol. The van der Waals surface area contributed by atoms with Gasteiger partial charge in [-0.3, -0.25) is 4.98 Å². The molecule has 5 nitrogen and oxygen atoms in total. The van der Waals surface area contributed by atoms with Crippen LogP contribution in [0.15, 0.2) is 28.9 Å². The molecule has 0 radical (unpaired) electrons. The first kappa shape index (κ1) is 14.5. The summed E-state index contributed by atoms with van der Waals surface area (Å²) in [4.78, 5) is 10.9. The van der Waals surface area contributed by atoms with Gasteiger partial charge >= 0.3 is 0 Å². The Kier molecular flexibility index (Phi) is 4.74. The fourth-order valence-corrected chi connectivity index (χ4v) is 1.83. The van der Waals surface area contributed by atoms with Crippen LogP contribution in [0.5, 0.6) is 0 Å². The van der Waals surface area contributed by atoms with Crippen LogP contribution in [0.2, 0.25) is 0 Å². The molecule has 1 N–H and O–H groups in total. The lowest BCUT2D eigenvalue weighted by molar-refractivity contribution is 0.481. The van der Waals surface area contributed by atoms with Crippen molar-refractivity contribution >= 4 is 5.82 Å². The van der Waals surface area contributed by atoms with E-state index in [9.17, 15) is 0 Å². The van der Waals surface area contributed by atoms with Crippen molar-refractivity contribution in [3.8, 4) is 0 Å². The molecule has 0 atom stereocenters. The number of nitrogens with one attached hydrogen (secondary N) is 1. The average Bonchev–Trinajstić information content (AvgIpc) is 2.82. The normalized spacial score (nSPS) is 11.1. The summed E-state index contributed by atoms with van der Waals surface area (Å²) in [5.74, 6) is 2.69. The molecule has 2 aromatic rings. The van der Waals surface area contributed by atoms with Gasteiger partial charge in [0.25, 0.3) is 0 Å².